The van der Waals surface area contributed by atoms with Crippen molar-refractivity contribution in [3.63, 3.8) is 0 Å². The number of H-pyrrole nitrogens is 1. The van der Waals surface area contributed by atoms with Crippen LogP contribution in [0.5, 0.6) is 11.5 Å². The minimum Gasteiger partial charge on any atom is -0.493 e. The number of aromatic nitrogens is 2. The summed E-state index contributed by atoms with van der Waals surface area (Å²) in [6, 6.07) is 7.55. The van der Waals surface area contributed by atoms with Crippen molar-refractivity contribution in [2.24, 2.45) is 5.92 Å². The minimum absolute atomic E-state index is 0.0711. The number of hydrogen-bond acceptors (Lipinski definition) is 6. The topological polar surface area (TPSA) is 99.7 Å². The molecule has 1 aromatic carbocycles. The number of β-amino-alcohol motifs (C(OH)–C–C–N with tert-alkyl or cyclic N) is 1. The second-order valence-corrected chi connectivity index (χ2v) is 7.23. The quantitative estimate of drug-likeness (QED) is 0.621. The van der Waals surface area contributed by atoms with Crippen molar-refractivity contribution < 1.29 is 19.4 Å². The van der Waals surface area contributed by atoms with Crippen LogP contribution in [0.4, 0.5) is 0 Å². The van der Waals surface area contributed by atoms with Crippen LogP contribution < -0.4 is 14.8 Å². The summed E-state index contributed by atoms with van der Waals surface area (Å²) in [5, 5.41) is 20.4. The molecule has 1 aliphatic rings. The van der Waals surface area contributed by atoms with E-state index in [1.807, 2.05) is 36.1 Å². The van der Waals surface area contributed by atoms with Crippen LogP contribution in [0.25, 0.3) is 0 Å². The monoisotopic (exact) mass is 388 g/mol. The van der Waals surface area contributed by atoms with E-state index in [4.69, 9.17) is 9.47 Å². The van der Waals surface area contributed by atoms with Gasteiger partial charge in [-0.3, -0.25) is 14.8 Å². The van der Waals surface area contributed by atoms with E-state index in [2.05, 4.69) is 15.5 Å². The standard InChI is InChI=1S/C20H28N4O4/c1-13-6-16(23-22-13)8-15-10-24(11-17(15)25)12-20(26)21-9-14-4-5-18(27-2)19(7-14)28-3/h4-7,15,17,25H,8-12H2,1-3H3,(H,21,26)(H,22,23)/t15-,17+/m1/s1. The number of aliphatic hydroxyl groups excluding tert-OH is 1. The van der Waals surface area contributed by atoms with Gasteiger partial charge in [0.2, 0.25) is 5.91 Å². The van der Waals surface area contributed by atoms with Gasteiger partial charge >= 0.3 is 0 Å². The molecule has 0 bridgehead atoms. The van der Waals surface area contributed by atoms with Crippen LogP contribution in [0.15, 0.2) is 24.3 Å². The summed E-state index contributed by atoms with van der Waals surface area (Å²) in [5.41, 5.74) is 2.88. The third-order valence-corrected chi connectivity index (χ3v) is 5.02. The molecule has 3 rings (SSSR count). The summed E-state index contributed by atoms with van der Waals surface area (Å²) in [5.74, 6) is 1.30. The lowest BCUT2D eigenvalue weighted by molar-refractivity contribution is -0.122. The second kappa shape index (κ2) is 9.07. The summed E-state index contributed by atoms with van der Waals surface area (Å²) in [4.78, 5) is 14.3. The maximum absolute atomic E-state index is 12.3. The molecule has 0 spiro atoms. The molecule has 2 heterocycles. The van der Waals surface area contributed by atoms with E-state index in [-0.39, 0.29) is 18.4 Å². The van der Waals surface area contributed by atoms with E-state index < -0.39 is 6.10 Å². The predicted molar refractivity (Wildman–Crippen MR) is 104 cm³/mol. The van der Waals surface area contributed by atoms with Gasteiger partial charge in [-0.2, -0.15) is 5.10 Å². The number of likely N-dealkylation sites (tertiary alicyclic amines) is 1. The fourth-order valence-corrected chi connectivity index (χ4v) is 3.57. The Morgan fingerprint density at radius 2 is 2.07 bits per heavy atom. The van der Waals surface area contributed by atoms with Gasteiger partial charge in [-0.05, 0) is 37.1 Å². The molecule has 8 heteroatoms. The molecule has 1 fully saturated rings. The van der Waals surface area contributed by atoms with Gasteiger partial charge < -0.3 is 19.9 Å². The van der Waals surface area contributed by atoms with Crippen LogP contribution in [-0.2, 0) is 17.8 Å². The Labute approximate surface area is 164 Å². The van der Waals surface area contributed by atoms with Gasteiger partial charge in [0.1, 0.15) is 0 Å². The van der Waals surface area contributed by atoms with Gasteiger partial charge in [0.25, 0.3) is 0 Å². The van der Waals surface area contributed by atoms with Crippen molar-refractivity contribution in [3.05, 3.63) is 41.2 Å². The first-order valence-electron chi connectivity index (χ1n) is 9.37. The summed E-state index contributed by atoms with van der Waals surface area (Å²) in [6.45, 7) is 3.80. The number of ether oxygens (including phenoxy) is 2. The Morgan fingerprint density at radius 1 is 1.29 bits per heavy atom. The summed E-state index contributed by atoms with van der Waals surface area (Å²) < 4.78 is 10.5. The van der Waals surface area contributed by atoms with E-state index >= 15 is 0 Å². The number of carbonyl (C=O) groups is 1. The van der Waals surface area contributed by atoms with Crippen LogP contribution in [0.2, 0.25) is 0 Å². The highest BCUT2D eigenvalue weighted by Gasteiger charge is 2.32. The SMILES string of the molecule is COc1ccc(CNC(=O)CN2C[C@@H](Cc3cc(C)[nH]n3)[C@@H](O)C2)cc1OC. The molecule has 0 radical (unpaired) electrons. The van der Waals surface area contributed by atoms with Crippen LogP contribution in [0, 0.1) is 12.8 Å². The molecule has 1 aromatic heterocycles. The number of amides is 1. The lowest BCUT2D eigenvalue weighted by Gasteiger charge is -2.15. The third kappa shape index (κ3) is 5.02. The van der Waals surface area contributed by atoms with Crippen LogP contribution in [0.1, 0.15) is 17.0 Å². The van der Waals surface area contributed by atoms with E-state index in [9.17, 15) is 9.90 Å². The average Bonchev–Trinajstić information content (AvgIpc) is 3.24. The van der Waals surface area contributed by atoms with Gasteiger partial charge in [0.05, 0.1) is 32.6 Å². The van der Waals surface area contributed by atoms with Crippen molar-refractivity contribution in [1.82, 2.24) is 20.4 Å². The Bertz CT molecular complexity index is 807. The van der Waals surface area contributed by atoms with Gasteiger partial charge in [-0.1, -0.05) is 6.07 Å². The molecule has 28 heavy (non-hydrogen) atoms. The number of aliphatic hydroxyl groups is 1. The maximum atomic E-state index is 12.3. The molecule has 2 atom stereocenters. The number of aromatic amines is 1. The molecule has 152 valence electrons. The Morgan fingerprint density at radius 3 is 2.75 bits per heavy atom. The van der Waals surface area contributed by atoms with Gasteiger partial charge in [-0.25, -0.2) is 0 Å². The number of nitrogens with zero attached hydrogens (tertiary/aromatic N) is 2. The lowest BCUT2D eigenvalue weighted by Crippen LogP contribution is -2.36. The fourth-order valence-electron chi connectivity index (χ4n) is 3.57. The van der Waals surface area contributed by atoms with E-state index in [0.29, 0.717) is 37.6 Å². The predicted octanol–water partition coefficient (Wildman–Crippen LogP) is 0.887. The van der Waals surface area contributed by atoms with Crippen LogP contribution in [-0.4, -0.2) is 66.1 Å². The molecule has 3 N–H and O–H groups in total. The van der Waals surface area contributed by atoms with E-state index in [1.165, 1.54) is 0 Å². The third-order valence-electron chi connectivity index (χ3n) is 5.02. The van der Waals surface area contributed by atoms with Gasteiger partial charge in [0, 0.05) is 31.2 Å². The van der Waals surface area contributed by atoms with Crippen molar-refractivity contribution >= 4 is 5.91 Å². The molecule has 8 nitrogen and oxygen atoms in total. The van der Waals surface area contributed by atoms with Gasteiger partial charge in [-0.15, -0.1) is 0 Å². The molecule has 0 saturated carbocycles. The summed E-state index contributed by atoms with van der Waals surface area (Å²) >= 11 is 0. The smallest absolute Gasteiger partial charge is 0.234 e. The maximum Gasteiger partial charge on any atom is 0.234 e. The minimum atomic E-state index is -0.448. The number of carbonyl (C=O) groups excluding carboxylic acids is 1. The van der Waals surface area contributed by atoms with Crippen molar-refractivity contribution in [3.8, 4) is 11.5 Å². The molecule has 1 amide bonds. The highest BCUT2D eigenvalue weighted by Crippen LogP contribution is 2.27. The van der Waals surface area contributed by atoms with Gasteiger partial charge in [0.15, 0.2) is 11.5 Å². The Hall–Kier alpha value is -2.58. The molecule has 0 unspecified atom stereocenters. The molecule has 0 aliphatic carbocycles. The molecular formula is C20H28N4O4. The fraction of sp³-hybridized carbons (Fsp3) is 0.500. The normalized spacial score (nSPS) is 19.6. The molecule has 1 aliphatic heterocycles. The highest BCUT2D eigenvalue weighted by molar-refractivity contribution is 5.78. The molecule has 1 saturated heterocycles. The summed E-state index contributed by atoms with van der Waals surface area (Å²) in [7, 11) is 3.17. The van der Waals surface area contributed by atoms with Crippen molar-refractivity contribution in [2.45, 2.75) is 26.0 Å². The first-order chi connectivity index (χ1) is 13.5. The number of benzene rings is 1. The lowest BCUT2D eigenvalue weighted by atomic mass is 10.0. The molecule has 2 aromatic rings. The zero-order chi connectivity index (χ0) is 20.1. The van der Waals surface area contributed by atoms with Crippen LogP contribution >= 0.6 is 0 Å². The first kappa shape index (κ1) is 20.2. The molecular weight excluding hydrogens is 360 g/mol. The Balaban J connectivity index is 1.47. The van der Waals surface area contributed by atoms with E-state index in [0.717, 1.165) is 17.0 Å². The number of methoxy groups -OCH3 is 2. The first-order valence-corrected chi connectivity index (χ1v) is 9.37. The zero-order valence-corrected chi connectivity index (χ0v) is 16.6. The number of hydrogen-bond donors (Lipinski definition) is 3. The van der Waals surface area contributed by atoms with Crippen molar-refractivity contribution in [1.29, 1.82) is 0 Å². The number of nitrogens with one attached hydrogen (secondary N) is 2. The second-order valence-electron chi connectivity index (χ2n) is 7.23. The van der Waals surface area contributed by atoms with E-state index in [1.54, 1.807) is 14.2 Å². The largest absolute Gasteiger partial charge is 0.493 e. The zero-order valence-electron chi connectivity index (χ0n) is 16.6. The number of aryl methyl sites for hydroxylation is 1. The van der Waals surface area contributed by atoms with Crippen LogP contribution in [0.3, 0.4) is 0 Å². The highest BCUT2D eigenvalue weighted by atomic mass is 16.5. The van der Waals surface area contributed by atoms with Crippen molar-refractivity contribution in [2.75, 3.05) is 33.9 Å². The number of rotatable bonds is 8. The average molecular weight is 388 g/mol. The Kier molecular flexibility index (Phi) is 6.53. The summed E-state index contributed by atoms with van der Waals surface area (Å²) in [6.07, 6.45) is 0.255.